The van der Waals surface area contributed by atoms with Crippen molar-refractivity contribution in [1.29, 1.82) is 0 Å². The standard InChI is InChI=1S/C9H18N6O10/c16-4-8(5-17,14(22)23)12(20)10-2-1-3-11-13(21)9(6-18,7-19)15(24)25/h16-19H,1-7H2. The van der Waals surface area contributed by atoms with Gasteiger partial charge in [0.05, 0.1) is 0 Å². The van der Waals surface area contributed by atoms with Gasteiger partial charge in [0.1, 0.15) is 22.9 Å². The molecule has 0 amide bonds. The molecule has 0 rings (SSSR count). The van der Waals surface area contributed by atoms with Gasteiger partial charge in [0.2, 0.25) is 0 Å². The molecule has 0 radical (unpaired) electrons. The number of nitro groups is 2. The van der Waals surface area contributed by atoms with Gasteiger partial charge in [0.25, 0.3) is 0 Å². The molecular formula is C9H18N6O10. The molecule has 16 nitrogen and oxygen atoms in total. The maximum absolute atomic E-state index is 11.5. The van der Waals surface area contributed by atoms with E-state index in [4.69, 9.17) is 20.4 Å². The second-order valence-corrected chi connectivity index (χ2v) is 4.74. The molecule has 0 aliphatic heterocycles. The Morgan fingerprint density at radius 3 is 1.16 bits per heavy atom. The Kier molecular flexibility index (Phi) is 8.68. The first-order valence-corrected chi connectivity index (χ1v) is 6.70. The van der Waals surface area contributed by atoms with Gasteiger partial charge in [-0.25, -0.2) is 0 Å². The molecule has 0 spiro atoms. The van der Waals surface area contributed by atoms with Gasteiger partial charge >= 0.3 is 11.3 Å². The van der Waals surface area contributed by atoms with Crippen molar-refractivity contribution < 1.29 is 40.0 Å². The number of hydrogen-bond donors (Lipinski definition) is 4. The Morgan fingerprint density at radius 1 is 0.680 bits per heavy atom. The summed E-state index contributed by atoms with van der Waals surface area (Å²) in [5.41, 5.74) is -5.51. The van der Waals surface area contributed by atoms with E-state index < -0.39 is 70.4 Å². The minimum atomic E-state index is -2.75. The predicted molar refractivity (Wildman–Crippen MR) is 74.3 cm³/mol. The fourth-order valence-electron chi connectivity index (χ4n) is 1.37. The Hall–Kier alpha value is -2.56. The van der Waals surface area contributed by atoms with Gasteiger partial charge in [0, 0.05) is 0 Å². The number of aliphatic hydroxyl groups is 4. The zero-order valence-corrected chi connectivity index (χ0v) is 12.9. The van der Waals surface area contributed by atoms with Crippen LogP contribution in [0, 0.1) is 30.6 Å². The molecule has 25 heavy (non-hydrogen) atoms. The summed E-state index contributed by atoms with van der Waals surface area (Å²) in [6.07, 6.45) is -0.160. The Morgan fingerprint density at radius 2 is 0.960 bits per heavy atom. The lowest BCUT2D eigenvalue weighted by Gasteiger charge is -2.17. The zero-order chi connectivity index (χ0) is 19.7. The van der Waals surface area contributed by atoms with Crippen LogP contribution in [0.1, 0.15) is 6.42 Å². The molecule has 0 aromatic carbocycles. The lowest BCUT2D eigenvalue weighted by atomic mass is 10.2. The van der Waals surface area contributed by atoms with Crippen LogP contribution in [-0.2, 0) is 0 Å². The largest absolute Gasteiger partial charge is 0.594 e. The molecule has 0 atom stereocenters. The average molecular weight is 370 g/mol. The Bertz CT molecular complexity index is 483. The number of nitrogens with zero attached hydrogens (tertiary/aromatic N) is 6. The molecule has 0 heterocycles. The quantitative estimate of drug-likeness (QED) is 0.0686. The van der Waals surface area contributed by atoms with Gasteiger partial charge in [-0.1, -0.05) is 0 Å². The summed E-state index contributed by atoms with van der Waals surface area (Å²) in [6, 6.07) is 0. The lowest BCUT2D eigenvalue weighted by Crippen LogP contribution is -2.53. The van der Waals surface area contributed by atoms with Crippen molar-refractivity contribution in [3.63, 3.8) is 0 Å². The lowest BCUT2D eigenvalue weighted by molar-refractivity contribution is -0.819. The van der Waals surface area contributed by atoms with Crippen LogP contribution in [-0.4, -0.2) is 90.8 Å². The molecule has 4 N–H and O–H groups in total. The molecule has 0 saturated carbocycles. The Labute approximate surface area is 139 Å². The van der Waals surface area contributed by atoms with E-state index in [9.17, 15) is 30.6 Å². The van der Waals surface area contributed by atoms with Crippen LogP contribution >= 0.6 is 0 Å². The van der Waals surface area contributed by atoms with Gasteiger partial charge < -0.3 is 30.8 Å². The van der Waals surface area contributed by atoms with Gasteiger partial charge in [-0.05, 0) is 26.4 Å². The highest BCUT2D eigenvalue weighted by atomic mass is 16.7. The normalized spacial score (nSPS) is 13.8. The molecule has 0 unspecified atom stereocenters. The van der Waals surface area contributed by atoms with Crippen LogP contribution < -0.4 is 0 Å². The summed E-state index contributed by atoms with van der Waals surface area (Å²) in [6.45, 7) is -6.05. The van der Waals surface area contributed by atoms with E-state index in [0.717, 1.165) is 0 Å². The zero-order valence-electron chi connectivity index (χ0n) is 12.9. The van der Waals surface area contributed by atoms with Crippen LogP contribution in [0.15, 0.2) is 10.2 Å². The highest BCUT2D eigenvalue weighted by Crippen LogP contribution is 2.12. The highest BCUT2D eigenvalue weighted by molar-refractivity contribution is 4.63. The van der Waals surface area contributed by atoms with Crippen molar-refractivity contribution in [2.45, 2.75) is 17.7 Å². The average Bonchev–Trinajstić information content (AvgIpc) is 2.57. The van der Waals surface area contributed by atoms with Gasteiger partial charge in [-0.2, -0.15) is 0 Å². The van der Waals surface area contributed by atoms with Crippen molar-refractivity contribution in [3.05, 3.63) is 30.6 Å². The monoisotopic (exact) mass is 370 g/mol. The van der Waals surface area contributed by atoms with Crippen LogP contribution in [0.2, 0.25) is 0 Å². The molecule has 0 aromatic heterocycles. The van der Waals surface area contributed by atoms with E-state index in [1.165, 1.54) is 0 Å². The number of aliphatic hydroxyl groups excluding tert-OH is 4. The van der Waals surface area contributed by atoms with Crippen LogP contribution in [0.5, 0.6) is 0 Å². The molecule has 0 saturated heterocycles. The summed E-state index contributed by atoms with van der Waals surface area (Å²) in [5, 5.41) is 86.6. The van der Waals surface area contributed by atoms with E-state index in [2.05, 4.69) is 10.2 Å². The Balaban J connectivity index is 4.92. The maximum Gasteiger partial charge on any atom is 0.483 e. The van der Waals surface area contributed by atoms with Crippen molar-refractivity contribution in [3.8, 4) is 0 Å². The predicted octanol–water partition coefficient (Wildman–Crippen LogP) is -2.78. The number of rotatable bonds is 12. The third-order valence-electron chi connectivity index (χ3n) is 3.18. The highest BCUT2D eigenvalue weighted by Gasteiger charge is 2.54. The minimum absolute atomic E-state index is 0.160. The second kappa shape index (κ2) is 9.67. The number of azo groups is 2. The van der Waals surface area contributed by atoms with E-state index in [1.54, 1.807) is 0 Å². The SMILES string of the molecule is O=[N+]([O-])C(CO)(CO)[N+]([O-])=NCCCN=[N+]([O-])C(CO)(CO)[N+](=O)[O-]. The minimum Gasteiger partial charge on any atom is -0.594 e. The van der Waals surface area contributed by atoms with Crippen LogP contribution in [0.3, 0.4) is 0 Å². The smallest absolute Gasteiger partial charge is 0.483 e. The maximum atomic E-state index is 11.5. The third-order valence-corrected chi connectivity index (χ3v) is 3.18. The fourth-order valence-corrected chi connectivity index (χ4v) is 1.37. The third kappa shape index (κ3) is 4.72. The molecule has 0 bridgehead atoms. The van der Waals surface area contributed by atoms with Crippen molar-refractivity contribution in [2.75, 3.05) is 39.5 Å². The topological polar surface area (TPSA) is 244 Å². The number of hydrogen-bond acceptors (Lipinski definition) is 12. The molecule has 0 fully saturated rings. The second-order valence-electron chi connectivity index (χ2n) is 4.74. The molecular weight excluding hydrogens is 352 g/mol. The van der Waals surface area contributed by atoms with Gasteiger partial charge in [-0.15, -0.1) is 0 Å². The summed E-state index contributed by atoms with van der Waals surface area (Å²) in [4.78, 5) is 18.1. The summed E-state index contributed by atoms with van der Waals surface area (Å²) in [7, 11) is 0. The van der Waals surface area contributed by atoms with E-state index >= 15 is 0 Å². The van der Waals surface area contributed by atoms with E-state index in [0.29, 0.717) is 0 Å². The first-order valence-electron chi connectivity index (χ1n) is 6.70. The van der Waals surface area contributed by atoms with E-state index in [1.807, 2.05) is 0 Å². The fraction of sp³-hybridized carbons (Fsp3) is 1.00. The first kappa shape index (κ1) is 22.4. The first-order chi connectivity index (χ1) is 11.7. The molecule has 144 valence electrons. The van der Waals surface area contributed by atoms with Crippen molar-refractivity contribution in [2.24, 2.45) is 10.2 Å². The molecule has 0 aliphatic rings. The van der Waals surface area contributed by atoms with Crippen molar-refractivity contribution in [1.82, 2.24) is 0 Å². The number of hydroxylamine groups is 2. The molecule has 0 aliphatic carbocycles. The summed E-state index contributed by atoms with van der Waals surface area (Å²) in [5.74, 6) is 0. The van der Waals surface area contributed by atoms with Crippen LogP contribution in [0.4, 0.5) is 0 Å². The van der Waals surface area contributed by atoms with Gasteiger partial charge in [-0.3, -0.25) is 20.2 Å². The molecule has 0 aromatic rings. The van der Waals surface area contributed by atoms with Gasteiger partial charge in [0.15, 0.2) is 26.4 Å². The summed E-state index contributed by atoms with van der Waals surface area (Å²) < 4.78 is 0. The van der Waals surface area contributed by atoms with E-state index in [-0.39, 0.29) is 6.42 Å². The molecule has 16 heteroatoms. The van der Waals surface area contributed by atoms with Crippen LogP contribution in [0.25, 0.3) is 0 Å². The summed E-state index contributed by atoms with van der Waals surface area (Å²) >= 11 is 0. The van der Waals surface area contributed by atoms with Crippen molar-refractivity contribution >= 4 is 0 Å².